The zero-order valence-electron chi connectivity index (χ0n) is 22.8. The lowest BCUT2D eigenvalue weighted by Crippen LogP contribution is -2.29. The fourth-order valence-electron chi connectivity index (χ4n) is 6.88. The van der Waals surface area contributed by atoms with Crippen molar-refractivity contribution in [3.8, 4) is 5.69 Å². The zero-order valence-corrected chi connectivity index (χ0v) is 22.8. The Labute approximate surface area is 235 Å². The van der Waals surface area contributed by atoms with Crippen LogP contribution < -0.4 is 4.90 Å². The normalized spacial score (nSPS) is 17.8. The molecule has 0 N–H and O–H groups in total. The Hall–Kier alpha value is -4.82. The van der Waals surface area contributed by atoms with Crippen LogP contribution in [0.2, 0.25) is 0 Å². The molecule has 1 aliphatic heterocycles. The lowest BCUT2D eigenvalue weighted by molar-refractivity contribution is 0.746. The average Bonchev–Trinajstić information content (AvgIpc) is 3.50. The smallest absolute Gasteiger partial charge is 0.0630 e. The quantitative estimate of drug-likeness (QED) is 0.228. The minimum absolute atomic E-state index is 0.272. The molecule has 0 spiro atoms. The van der Waals surface area contributed by atoms with Gasteiger partial charge in [0.25, 0.3) is 0 Å². The Morgan fingerprint density at radius 2 is 1.23 bits per heavy atom. The standard InChI is InChI=1S/C38H30N2/c1-25-11-3-7-15-33(25)39-35-17-9-5-13-29(35)31-23-27(19-21-37(31)39)28-20-22-38-32(24-28)30-14-6-10-18-36(30)40(38)34-16-8-4-12-26(34)2/h3-24,31,37H,1-2H3. The molecule has 192 valence electrons. The summed E-state index contributed by atoms with van der Waals surface area (Å²) in [5.41, 5.74) is 12.9. The number of para-hydroxylation sites is 4. The summed E-state index contributed by atoms with van der Waals surface area (Å²) in [6.07, 6.45) is 7.23. The van der Waals surface area contributed by atoms with Crippen LogP contribution in [-0.2, 0) is 0 Å². The van der Waals surface area contributed by atoms with Gasteiger partial charge in [-0.1, -0.05) is 97.1 Å². The van der Waals surface area contributed by atoms with E-state index in [2.05, 4.69) is 157 Å². The molecule has 0 saturated carbocycles. The summed E-state index contributed by atoms with van der Waals surface area (Å²) >= 11 is 0. The van der Waals surface area contributed by atoms with Crippen molar-refractivity contribution < 1.29 is 0 Å². The highest BCUT2D eigenvalue weighted by Crippen LogP contribution is 2.49. The largest absolute Gasteiger partial charge is 0.333 e. The van der Waals surface area contributed by atoms with Gasteiger partial charge in [0.2, 0.25) is 0 Å². The molecular formula is C38H30N2. The van der Waals surface area contributed by atoms with Gasteiger partial charge in [0, 0.05) is 33.8 Å². The van der Waals surface area contributed by atoms with Crippen LogP contribution in [0.1, 0.15) is 28.2 Å². The molecule has 0 radical (unpaired) electrons. The molecular weight excluding hydrogens is 484 g/mol. The average molecular weight is 515 g/mol. The summed E-state index contributed by atoms with van der Waals surface area (Å²) in [4.78, 5) is 2.53. The molecule has 0 fully saturated rings. The number of aromatic nitrogens is 1. The van der Waals surface area contributed by atoms with Crippen molar-refractivity contribution in [1.82, 2.24) is 4.57 Å². The van der Waals surface area contributed by atoms with Crippen LogP contribution in [0.15, 0.2) is 133 Å². The number of allylic oxidation sites excluding steroid dienone is 2. The van der Waals surface area contributed by atoms with Crippen molar-refractivity contribution in [1.29, 1.82) is 0 Å². The van der Waals surface area contributed by atoms with Gasteiger partial charge in [-0.05, 0) is 78.1 Å². The Morgan fingerprint density at radius 3 is 2.02 bits per heavy atom. The molecule has 2 heterocycles. The molecule has 0 amide bonds. The van der Waals surface area contributed by atoms with E-state index in [1.807, 2.05) is 0 Å². The van der Waals surface area contributed by atoms with E-state index < -0.39 is 0 Å². The van der Waals surface area contributed by atoms with E-state index in [1.54, 1.807) is 0 Å². The minimum atomic E-state index is 0.272. The van der Waals surface area contributed by atoms with Crippen molar-refractivity contribution in [2.45, 2.75) is 25.8 Å². The van der Waals surface area contributed by atoms with Gasteiger partial charge in [-0.3, -0.25) is 0 Å². The van der Waals surface area contributed by atoms with Crippen LogP contribution in [0.25, 0.3) is 33.1 Å². The summed E-state index contributed by atoms with van der Waals surface area (Å²) in [7, 11) is 0. The summed E-state index contributed by atoms with van der Waals surface area (Å²) in [6, 6.07) is 42.3. The third kappa shape index (κ3) is 3.36. The molecule has 2 unspecified atom stereocenters. The van der Waals surface area contributed by atoms with Gasteiger partial charge in [0.15, 0.2) is 0 Å². The van der Waals surface area contributed by atoms with Gasteiger partial charge in [-0.2, -0.15) is 0 Å². The predicted molar refractivity (Wildman–Crippen MR) is 169 cm³/mol. The van der Waals surface area contributed by atoms with E-state index in [1.165, 1.54) is 66.7 Å². The van der Waals surface area contributed by atoms with E-state index in [0.717, 1.165) is 0 Å². The number of aryl methyl sites for hydroxylation is 2. The topological polar surface area (TPSA) is 8.17 Å². The second kappa shape index (κ2) is 8.86. The monoisotopic (exact) mass is 514 g/mol. The third-order valence-corrected chi connectivity index (χ3v) is 8.79. The Bertz CT molecular complexity index is 2000. The maximum Gasteiger partial charge on any atom is 0.0630 e. The van der Waals surface area contributed by atoms with Crippen LogP contribution in [0.5, 0.6) is 0 Å². The number of fused-ring (bicyclic) bond motifs is 6. The maximum atomic E-state index is 2.53. The van der Waals surface area contributed by atoms with E-state index in [9.17, 15) is 0 Å². The number of rotatable bonds is 3. The highest BCUT2D eigenvalue weighted by molar-refractivity contribution is 6.10. The molecule has 1 aliphatic carbocycles. The second-order valence-electron chi connectivity index (χ2n) is 11.1. The molecule has 8 rings (SSSR count). The van der Waals surface area contributed by atoms with E-state index in [0.29, 0.717) is 5.92 Å². The third-order valence-electron chi connectivity index (χ3n) is 8.79. The highest BCUT2D eigenvalue weighted by Gasteiger charge is 2.38. The van der Waals surface area contributed by atoms with Crippen molar-refractivity contribution >= 4 is 38.8 Å². The molecule has 0 saturated heterocycles. The summed E-state index contributed by atoms with van der Waals surface area (Å²) in [5, 5.41) is 2.58. The summed E-state index contributed by atoms with van der Waals surface area (Å²) in [5.74, 6) is 0.305. The molecule has 5 aromatic carbocycles. The number of nitrogens with zero attached hydrogens (tertiary/aromatic N) is 2. The number of benzene rings is 5. The SMILES string of the molecule is Cc1ccccc1N1c2ccccc2C2C=C(c3ccc4c(c3)c3ccccc3n4-c3ccccc3C)C=CC21. The van der Waals surface area contributed by atoms with Crippen LogP contribution in [0.4, 0.5) is 11.4 Å². The van der Waals surface area contributed by atoms with Crippen molar-refractivity contribution in [2.24, 2.45) is 0 Å². The maximum absolute atomic E-state index is 2.53. The summed E-state index contributed by atoms with van der Waals surface area (Å²) in [6.45, 7) is 4.40. The zero-order chi connectivity index (χ0) is 26.8. The van der Waals surface area contributed by atoms with Crippen LogP contribution in [-0.4, -0.2) is 10.6 Å². The second-order valence-corrected chi connectivity index (χ2v) is 11.1. The Morgan fingerprint density at radius 1 is 0.575 bits per heavy atom. The van der Waals surface area contributed by atoms with Crippen LogP contribution in [0.3, 0.4) is 0 Å². The van der Waals surface area contributed by atoms with Crippen molar-refractivity contribution in [3.05, 3.63) is 156 Å². The molecule has 2 atom stereocenters. The summed E-state index contributed by atoms with van der Waals surface area (Å²) < 4.78 is 2.41. The van der Waals surface area contributed by atoms with E-state index in [-0.39, 0.29) is 6.04 Å². The molecule has 40 heavy (non-hydrogen) atoms. The Kier molecular flexibility index (Phi) is 5.12. The van der Waals surface area contributed by atoms with Crippen LogP contribution in [0, 0.1) is 13.8 Å². The first-order valence-corrected chi connectivity index (χ1v) is 14.1. The molecule has 6 aromatic rings. The van der Waals surface area contributed by atoms with E-state index in [4.69, 9.17) is 0 Å². The molecule has 2 nitrogen and oxygen atoms in total. The van der Waals surface area contributed by atoms with Gasteiger partial charge >= 0.3 is 0 Å². The number of hydrogen-bond donors (Lipinski definition) is 0. The first kappa shape index (κ1) is 23.1. The van der Waals surface area contributed by atoms with Crippen molar-refractivity contribution in [3.63, 3.8) is 0 Å². The lowest BCUT2D eigenvalue weighted by Gasteiger charge is -2.31. The van der Waals surface area contributed by atoms with Gasteiger partial charge < -0.3 is 9.47 Å². The Balaban J connectivity index is 1.27. The molecule has 0 bridgehead atoms. The molecule has 1 aromatic heterocycles. The van der Waals surface area contributed by atoms with Gasteiger partial charge in [0.1, 0.15) is 0 Å². The molecule has 2 aliphatic rings. The van der Waals surface area contributed by atoms with E-state index >= 15 is 0 Å². The predicted octanol–water partition coefficient (Wildman–Crippen LogP) is 9.66. The molecule has 2 heteroatoms. The first-order valence-electron chi connectivity index (χ1n) is 14.1. The minimum Gasteiger partial charge on any atom is -0.333 e. The fourth-order valence-corrected chi connectivity index (χ4v) is 6.88. The first-order chi connectivity index (χ1) is 19.7. The van der Waals surface area contributed by atoms with Gasteiger partial charge in [0.05, 0.1) is 17.1 Å². The highest BCUT2D eigenvalue weighted by atomic mass is 15.2. The fraction of sp³-hybridized carbons (Fsp3) is 0.105. The number of anilines is 2. The van der Waals surface area contributed by atoms with Crippen molar-refractivity contribution in [2.75, 3.05) is 4.90 Å². The van der Waals surface area contributed by atoms with Crippen LogP contribution >= 0.6 is 0 Å². The van der Waals surface area contributed by atoms with Gasteiger partial charge in [-0.15, -0.1) is 0 Å². The number of hydrogen-bond acceptors (Lipinski definition) is 1. The van der Waals surface area contributed by atoms with Gasteiger partial charge in [-0.25, -0.2) is 0 Å². The lowest BCUT2D eigenvalue weighted by atomic mass is 9.86.